The lowest BCUT2D eigenvalue weighted by atomic mass is 10.2. The van der Waals surface area contributed by atoms with Gasteiger partial charge in [-0.3, -0.25) is 10.1 Å². The van der Waals surface area contributed by atoms with E-state index in [0.717, 1.165) is 12.3 Å². The Kier molecular flexibility index (Phi) is 4.39. The van der Waals surface area contributed by atoms with Crippen molar-refractivity contribution in [2.45, 2.75) is 0 Å². The van der Waals surface area contributed by atoms with Gasteiger partial charge in [0.1, 0.15) is 17.6 Å². The van der Waals surface area contributed by atoms with Crippen LogP contribution in [0.15, 0.2) is 34.9 Å². The fourth-order valence-corrected chi connectivity index (χ4v) is 1.95. The molecule has 0 aliphatic rings. The summed E-state index contributed by atoms with van der Waals surface area (Å²) in [6.07, 6.45) is 0.981. The molecule has 9 heteroatoms. The molecule has 0 radical (unpaired) electrons. The second-order valence-corrected chi connectivity index (χ2v) is 5.17. The average molecular weight is 373 g/mol. The van der Waals surface area contributed by atoms with Crippen LogP contribution in [0.4, 0.5) is 17.2 Å². The topological polar surface area (TPSA) is 105 Å². The van der Waals surface area contributed by atoms with Crippen molar-refractivity contribution in [2.75, 3.05) is 5.32 Å². The van der Waals surface area contributed by atoms with Crippen molar-refractivity contribution in [3.05, 3.63) is 55.6 Å². The number of pyridine rings is 1. The number of hydrogen-bond donors (Lipinski definition) is 2. The third kappa shape index (κ3) is 3.47. The van der Waals surface area contributed by atoms with Crippen molar-refractivity contribution in [3.63, 3.8) is 0 Å². The number of hydrogen-bond acceptors (Lipinski definition) is 5. The van der Waals surface area contributed by atoms with Gasteiger partial charge in [0, 0.05) is 16.2 Å². The van der Waals surface area contributed by atoms with Crippen LogP contribution in [0.25, 0.3) is 0 Å². The first-order valence-electron chi connectivity index (χ1n) is 5.48. The molecule has 0 unspecified atom stereocenters. The number of nitrogens with zero attached hydrogens (tertiary/aromatic N) is 2. The van der Waals surface area contributed by atoms with Gasteiger partial charge in [0.05, 0.1) is 9.95 Å². The van der Waals surface area contributed by atoms with E-state index < -0.39 is 16.6 Å². The summed E-state index contributed by atoms with van der Waals surface area (Å²) in [6, 6.07) is 5.85. The first-order valence-corrected chi connectivity index (χ1v) is 6.65. The van der Waals surface area contributed by atoms with E-state index in [0.29, 0.717) is 15.2 Å². The molecular weight excluding hydrogens is 366 g/mol. The Morgan fingerprint density at radius 3 is 2.71 bits per heavy atom. The van der Waals surface area contributed by atoms with E-state index in [1.54, 1.807) is 18.2 Å². The molecule has 0 bridgehead atoms. The zero-order chi connectivity index (χ0) is 15.6. The summed E-state index contributed by atoms with van der Waals surface area (Å²) in [4.78, 5) is 24.9. The van der Waals surface area contributed by atoms with Crippen molar-refractivity contribution in [1.29, 1.82) is 0 Å². The molecule has 2 aromatic rings. The monoisotopic (exact) mass is 371 g/mol. The smallest absolute Gasteiger partial charge is 0.339 e. The summed E-state index contributed by atoms with van der Waals surface area (Å²) in [5.41, 5.74) is -0.193. The Morgan fingerprint density at radius 2 is 2.14 bits per heavy atom. The van der Waals surface area contributed by atoms with Gasteiger partial charge in [-0.05, 0) is 34.1 Å². The van der Waals surface area contributed by atoms with Crippen LogP contribution in [0, 0.1) is 10.1 Å². The predicted octanol–water partition coefficient (Wildman–Crippen LogP) is 3.85. The summed E-state index contributed by atoms with van der Waals surface area (Å²) in [7, 11) is 0. The Hall–Kier alpha value is -2.19. The molecule has 0 amide bonds. The van der Waals surface area contributed by atoms with E-state index in [-0.39, 0.29) is 11.4 Å². The van der Waals surface area contributed by atoms with Crippen LogP contribution in [-0.2, 0) is 0 Å². The minimum atomic E-state index is -1.32. The zero-order valence-electron chi connectivity index (χ0n) is 10.2. The highest BCUT2D eigenvalue weighted by Crippen LogP contribution is 2.28. The van der Waals surface area contributed by atoms with Crippen molar-refractivity contribution in [1.82, 2.24) is 4.98 Å². The molecule has 2 rings (SSSR count). The fraction of sp³-hybridized carbons (Fsp3) is 0. The molecule has 1 aromatic carbocycles. The van der Waals surface area contributed by atoms with E-state index in [9.17, 15) is 14.9 Å². The van der Waals surface area contributed by atoms with Crippen LogP contribution in [0.1, 0.15) is 10.4 Å². The molecule has 1 aromatic heterocycles. The molecule has 1 heterocycles. The highest BCUT2D eigenvalue weighted by molar-refractivity contribution is 9.10. The second kappa shape index (κ2) is 6.06. The Labute approximate surface area is 131 Å². The molecule has 7 nitrogen and oxygen atoms in total. The minimum Gasteiger partial charge on any atom is -0.478 e. The van der Waals surface area contributed by atoms with Gasteiger partial charge in [-0.25, -0.2) is 9.78 Å². The summed E-state index contributed by atoms with van der Waals surface area (Å²) in [6.45, 7) is 0. The number of nitrogens with one attached hydrogen (secondary N) is 1. The highest BCUT2D eigenvalue weighted by atomic mass is 79.9. The molecule has 0 aliphatic heterocycles. The quantitative estimate of drug-likeness (QED) is 0.624. The van der Waals surface area contributed by atoms with E-state index in [1.165, 1.54) is 0 Å². The summed E-state index contributed by atoms with van der Waals surface area (Å²) < 4.78 is 0.685. The lowest BCUT2D eigenvalue weighted by Crippen LogP contribution is -2.06. The van der Waals surface area contributed by atoms with E-state index in [4.69, 9.17) is 16.7 Å². The average Bonchev–Trinajstić information content (AvgIpc) is 2.43. The second-order valence-electron chi connectivity index (χ2n) is 3.91. The van der Waals surface area contributed by atoms with Gasteiger partial charge in [0.25, 0.3) is 5.69 Å². The maximum atomic E-state index is 11.2. The number of halogens is 2. The van der Waals surface area contributed by atoms with Crippen molar-refractivity contribution >= 4 is 50.7 Å². The normalized spacial score (nSPS) is 10.2. The zero-order valence-corrected chi connectivity index (χ0v) is 12.6. The van der Waals surface area contributed by atoms with Gasteiger partial charge in [-0.1, -0.05) is 11.6 Å². The van der Waals surface area contributed by atoms with Crippen molar-refractivity contribution in [2.24, 2.45) is 0 Å². The molecule has 0 saturated carbocycles. The summed E-state index contributed by atoms with van der Waals surface area (Å²) in [5.74, 6) is -1.33. The molecule has 2 N–H and O–H groups in total. The van der Waals surface area contributed by atoms with Gasteiger partial charge >= 0.3 is 5.97 Å². The lowest BCUT2D eigenvalue weighted by Gasteiger charge is -2.09. The molecule has 0 fully saturated rings. The van der Waals surface area contributed by atoms with Gasteiger partial charge < -0.3 is 10.4 Å². The Balaban J connectivity index is 2.41. The van der Waals surface area contributed by atoms with Crippen LogP contribution in [0.3, 0.4) is 0 Å². The van der Waals surface area contributed by atoms with Gasteiger partial charge in [0.15, 0.2) is 0 Å². The third-order valence-corrected chi connectivity index (χ3v) is 3.73. The predicted molar refractivity (Wildman–Crippen MR) is 80.3 cm³/mol. The van der Waals surface area contributed by atoms with E-state index >= 15 is 0 Å². The standard InChI is InChI=1S/C12H7BrClN3O4/c13-9-2-1-6(3-10(9)14)16-11-8(12(18)19)4-7(5-15-11)17(20)21/h1-5H,(H,15,16)(H,18,19). The number of carboxylic acid groups (broad SMARTS) is 1. The Bertz CT molecular complexity index is 738. The lowest BCUT2D eigenvalue weighted by molar-refractivity contribution is -0.385. The number of carboxylic acids is 1. The molecule has 0 atom stereocenters. The Morgan fingerprint density at radius 1 is 1.43 bits per heavy atom. The van der Waals surface area contributed by atoms with Gasteiger partial charge in [0.2, 0.25) is 0 Å². The number of anilines is 2. The molecule has 21 heavy (non-hydrogen) atoms. The van der Waals surface area contributed by atoms with E-state index in [2.05, 4.69) is 26.2 Å². The van der Waals surface area contributed by atoms with Crippen LogP contribution in [0.2, 0.25) is 5.02 Å². The first kappa shape index (κ1) is 15.2. The summed E-state index contributed by atoms with van der Waals surface area (Å²) in [5, 5.41) is 23.0. The number of aromatic nitrogens is 1. The fourth-order valence-electron chi connectivity index (χ4n) is 1.53. The maximum Gasteiger partial charge on any atom is 0.339 e. The summed E-state index contributed by atoms with van der Waals surface area (Å²) >= 11 is 9.17. The molecule has 0 saturated heterocycles. The molecule has 0 aliphatic carbocycles. The minimum absolute atomic E-state index is 0.00788. The first-order chi connectivity index (χ1) is 9.88. The number of carbonyl (C=O) groups is 1. The third-order valence-electron chi connectivity index (χ3n) is 2.50. The van der Waals surface area contributed by atoms with Crippen LogP contribution >= 0.6 is 27.5 Å². The molecule has 0 spiro atoms. The van der Waals surface area contributed by atoms with Crippen LogP contribution < -0.4 is 5.32 Å². The van der Waals surface area contributed by atoms with Gasteiger partial charge in [-0.15, -0.1) is 0 Å². The van der Waals surface area contributed by atoms with Crippen LogP contribution in [-0.4, -0.2) is 21.0 Å². The van der Waals surface area contributed by atoms with E-state index in [1.807, 2.05) is 0 Å². The van der Waals surface area contributed by atoms with Gasteiger partial charge in [-0.2, -0.15) is 0 Å². The number of benzene rings is 1. The SMILES string of the molecule is O=C(O)c1cc([N+](=O)[O-])cnc1Nc1ccc(Br)c(Cl)c1. The van der Waals surface area contributed by atoms with Crippen LogP contribution in [0.5, 0.6) is 0 Å². The largest absolute Gasteiger partial charge is 0.478 e. The van der Waals surface area contributed by atoms with Crippen molar-refractivity contribution < 1.29 is 14.8 Å². The maximum absolute atomic E-state index is 11.2. The number of aromatic carboxylic acids is 1. The molecular formula is C12H7BrClN3O4. The highest BCUT2D eigenvalue weighted by Gasteiger charge is 2.17. The molecule has 108 valence electrons. The number of rotatable bonds is 4. The van der Waals surface area contributed by atoms with Crippen molar-refractivity contribution in [3.8, 4) is 0 Å². The number of nitro groups is 1.